The molecular formula is C24H24N2O7. The highest BCUT2D eigenvalue weighted by molar-refractivity contribution is 6.22. The number of rotatable bonds is 8. The van der Waals surface area contributed by atoms with Gasteiger partial charge >= 0.3 is 5.97 Å². The van der Waals surface area contributed by atoms with Gasteiger partial charge in [-0.2, -0.15) is 0 Å². The van der Waals surface area contributed by atoms with E-state index in [0.717, 1.165) is 10.5 Å². The number of carbonyl (C=O) groups excluding carboxylic acids is 5. The number of methoxy groups -OCH3 is 1. The van der Waals surface area contributed by atoms with Crippen LogP contribution in [0.3, 0.4) is 0 Å². The molecule has 33 heavy (non-hydrogen) atoms. The second-order valence-corrected chi connectivity index (χ2v) is 7.56. The average molecular weight is 452 g/mol. The predicted molar refractivity (Wildman–Crippen MR) is 118 cm³/mol. The van der Waals surface area contributed by atoms with Crippen molar-refractivity contribution in [1.82, 2.24) is 4.90 Å². The Balaban J connectivity index is 1.95. The van der Waals surface area contributed by atoms with Crippen LogP contribution in [-0.2, 0) is 23.9 Å². The monoisotopic (exact) mass is 452 g/mol. The normalized spacial score (nSPS) is 15.1. The van der Waals surface area contributed by atoms with E-state index in [9.17, 15) is 24.0 Å². The fraction of sp³-hybridized carbons (Fsp3) is 0.292. The SMILES string of the molecule is COC(=O)C(C)Oc1ccc(C)cc1NC(=O)C(C(=O)c1ccccc1)N1C(=O)CCC1=O. The van der Waals surface area contributed by atoms with Crippen LogP contribution in [0.2, 0.25) is 0 Å². The highest BCUT2D eigenvalue weighted by atomic mass is 16.6. The number of nitrogens with zero attached hydrogens (tertiary/aromatic N) is 1. The summed E-state index contributed by atoms with van der Waals surface area (Å²) in [7, 11) is 1.23. The number of hydrogen-bond acceptors (Lipinski definition) is 7. The molecule has 3 amide bonds. The van der Waals surface area contributed by atoms with E-state index in [0.29, 0.717) is 0 Å². The lowest BCUT2D eigenvalue weighted by molar-refractivity contribution is -0.148. The number of ketones is 1. The summed E-state index contributed by atoms with van der Waals surface area (Å²) < 4.78 is 10.3. The highest BCUT2D eigenvalue weighted by Gasteiger charge is 2.43. The van der Waals surface area contributed by atoms with Gasteiger partial charge in [0.15, 0.2) is 17.9 Å². The van der Waals surface area contributed by atoms with Crippen molar-refractivity contribution in [2.75, 3.05) is 12.4 Å². The minimum absolute atomic E-state index is 0.0693. The molecule has 2 aromatic carbocycles. The number of anilines is 1. The quantitative estimate of drug-likeness (QED) is 0.282. The number of likely N-dealkylation sites (tertiary alicyclic amines) is 1. The molecule has 0 radical (unpaired) electrons. The molecule has 2 atom stereocenters. The van der Waals surface area contributed by atoms with Crippen molar-refractivity contribution >= 4 is 35.2 Å². The van der Waals surface area contributed by atoms with Crippen LogP contribution in [0.15, 0.2) is 48.5 Å². The molecular weight excluding hydrogens is 428 g/mol. The Morgan fingerprint density at radius 1 is 1.00 bits per heavy atom. The molecule has 0 saturated carbocycles. The zero-order chi connectivity index (χ0) is 24.1. The van der Waals surface area contributed by atoms with E-state index in [1.54, 1.807) is 43.3 Å². The van der Waals surface area contributed by atoms with Gasteiger partial charge in [-0.1, -0.05) is 36.4 Å². The molecule has 9 heteroatoms. The summed E-state index contributed by atoms with van der Waals surface area (Å²) in [5, 5.41) is 2.60. The second-order valence-electron chi connectivity index (χ2n) is 7.56. The number of aryl methyl sites for hydroxylation is 1. The Morgan fingerprint density at radius 2 is 1.64 bits per heavy atom. The molecule has 9 nitrogen and oxygen atoms in total. The largest absolute Gasteiger partial charge is 0.477 e. The molecule has 1 fully saturated rings. The zero-order valence-electron chi connectivity index (χ0n) is 18.5. The van der Waals surface area contributed by atoms with Crippen LogP contribution in [0.4, 0.5) is 5.69 Å². The lowest BCUT2D eigenvalue weighted by Crippen LogP contribution is -2.51. The summed E-state index contributed by atoms with van der Waals surface area (Å²) >= 11 is 0. The number of carbonyl (C=O) groups is 5. The maximum atomic E-state index is 13.3. The smallest absolute Gasteiger partial charge is 0.346 e. The van der Waals surface area contributed by atoms with Crippen LogP contribution in [-0.4, -0.2) is 53.6 Å². The van der Waals surface area contributed by atoms with Gasteiger partial charge in [-0.3, -0.25) is 24.1 Å². The number of amides is 3. The third-order valence-corrected chi connectivity index (χ3v) is 5.13. The van der Waals surface area contributed by atoms with Crippen LogP contribution >= 0.6 is 0 Å². The van der Waals surface area contributed by atoms with Crippen molar-refractivity contribution in [2.24, 2.45) is 0 Å². The van der Waals surface area contributed by atoms with Gasteiger partial charge in [0.1, 0.15) is 5.75 Å². The van der Waals surface area contributed by atoms with E-state index in [1.165, 1.54) is 26.2 Å². The van der Waals surface area contributed by atoms with Crippen molar-refractivity contribution in [3.63, 3.8) is 0 Å². The summed E-state index contributed by atoms with van der Waals surface area (Å²) in [5.41, 5.74) is 1.13. The molecule has 0 spiro atoms. The molecule has 1 aliphatic rings. The van der Waals surface area contributed by atoms with Crippen molar-refractivity contribution in [1.29, 1.82) is 0 Å². The average Bonchev–Trinajstić information content (AvgIpc) is 3.13. The standard InChI is InChI=1S/C24H24N2O7/c1-14-9-10-18(33-15(2)24(31)32-3)17(13-14)25-23(30)21(26-19(27)11-12-20(26)28)22(29)16-7-5-4-6-8-16/h4-10,13,15,21H,11-12H2,1-3H3,(H,25,30). The van der Waals surface area contributed by atoms with Crippen LogP contribution in [0.1, 0.15) is 35.7 Å². The van der Waals surface area contributed by atoms with Gasteiger partial charge < -0.3 is 14.8 Å². The van der Waals surface area contributed by atoms with Gasteiger partial charge in [0.25, 0.3) is 5.91 Å². The van der Waals surface area contributed by atoms with Crippen LogP contribution < -0.4 is 10.1 Å². The molecule has 1 saturated heterocycles. The number of Topliss-reactive ketones (excluding diaryl/α,β-unsaturated/α-hetero) is 1. The summed E-state index contributed by atoms with van der Waals surface area (Å²) in [6.07, 6.45) is -1.10. The summed E-state index contributed by atoms with van der Waals surface area (Å²) in [4.78, 5) is 63.8. The van der Waals surface area contributed by atoms with E-state index in [2.05, 4.69) is 10.1 Å². The molecule has 0 aliphatic carbocycles. The van der Waals surface area contributed by atoms with E-state index in [1.807, 2.05) is 0 Å². The van der Waals surface area contributed by atoms with Gasteiger partial charge in [-0.05, 0) is 31.5 Å². The Kier molecular flexibility index (Phi) is 7.22. The third-order valence-electron chi connectivity index (χ3n) is 5.13. The Bertz CT molecular complexity index is 1080. The van der Waals surface area contributed by atoms with Gasteiger partial charge in [-0.15, -0.1) is 0 Å². The molecule has 172 valence electrons. The van der Waals surface area contributed by atoms with Crippen LogP contribution in [0.5, 0.6) is 5.75 Å². The first kappa shape index (κ1) is 23.6. The van der Waals surface area contributed by atoms with Gasteiger partial charge in [0.2, 0.25) is 11.8 Å². The first-order valence-electron chi connectivity index (χ1n) is 10.3. The van der Waals surface area contributed by atoms with Gasteiger partial charge in [0.05, 0.1) is 12.8 Å². The van der Waals surface area contributed by atoms with E-state index in [4.69, 9.17) is 4.74 Å². The highest BCUT2D eigenvalue weighted by Crippen LogP contribution is 2.28. The number of esters is 1. The van der Waals surface area contributed by atoms with E-state index in [-0.39, 0.29) is 29.8 Å². The molecule has 0 bridgehead atoms. The zero-order valence-corrected chi connectivity index (χ0v) is 18.5. The fourth-order valence-corrected chi connectivity index (χ4v) is 3.45. The van der Waals surface area contributed by atoms with Crippen LogP contribution in [0, 0.1) is 6.92 Å². The molecule has 1 heterocycles. The van der Waals surface area contributed by atoms with Crippen molar-refractivity contribution in [2.45, 2.75) is 38.8 Å². The van der Waals surface area contributed by atoms with E-state index < -0.39 is 41.6 Å². The molecule has 2 aromatic rings. The summed E-state index contributed by atoms with van der Waals surface area (Å²) in [5.74, 6) is -3.19. The van der Waals surface area contributed by atoms with Crippen molar-refractivity contribution < 1.29 is 33.4 Å². The van der Waals surface area contributed by atoms with Crippen molar-refractivity contribution in [3.05, 3.63) is 59.7 Å². The topological polar surface area (TPSA) is 119 Å². The van der Waals surface area contributed by atoms with Crippen molar-refractivity contribution in [3.8, 4) is 5.75 Å². The predicted octanol–water partition coefficient (Wildman–Crippen LogP) is 2.27. The second kappa shape index (κ2) is 10.1. The Hall–Kier alpha value is -4.01. The minimum Gasteiger partial charge on any atom is -0.477 e. The Morgan fingerprint density at radius 3 is 2.24 bits per heavy atom. The number of imide groups is 1. The Labute approximate surface area is 190 Å². The minimum atomic E-state index is -1.68. The summed E-state index contributed by atoms with van der Waals surface area (Å²) in [6.45, 7) is 3.27. The maximum absolute atomic E-state index is 13.3. The van der Waals surface area contributed by atoms with E-state index >= 15 is 0 Å². The number of hydrogen-bond donors (Lipinski definition) is 1. The molecule has 1 N–H and O–H groups in total. The number of nitrogens with one attached hydrogen (secondary N) is 1. The van der Waals surface area contributed by atoms with Crippen LogP contribution in [0.25, 0.3) is 0 Å². The fourth-order valence-electron chi connectivity index (χ4n) is 3.45. The lowest BCUT2D eigenvalue weighted by Gasteiger charge is -2.25. The van der Waals surface area contributed by atoms with Gasteiger partial charge in [0, 0.05) is 18.4 Å². The van der Waals surface area contributed by atoms with Gasteiger partial charge in [-0.25, -0.2) is 4.79 Å². The molecule has 0 aromatic heterocycles. The number of benzene rings is 2. The lowest BCUT2D eigenvalue weighted by atomic mass is 10.0. The molecule has 2 unspecified atom stereocenters. The number of ether oxygens (including phenoxy) is 2. The maximum Gasteiger partial charge on any atom is 0.346 e. The molecule has 1 aliphatic heterocycles. The molecule has 3 rings (SSSR count). The third kappa shape index (κ3) is 5.25. The summed E-state index contributed by atoms with van der Waals surface area (Å²) in [6, 6.07) is 11.2. The first-order chi connectivity index (χ1) is 15.7. The first-order valence-corrected chi connectivity index (χ1v) is 10.3.